The van der Waals surface area contributed by atoms with E-state index >= 15 is 0 Å². The molecule has 3 atom stereocenters. The van der Waals surface area contributed by atoms with Gasteiger partial charge in [-0.25, -0.2) is 4.79 Å². The molecule has 23 heavy (non-hydrogen) atoms. The summed E-state index contributed by atoms with van der Waals surface area (Å²) in [6.45, 7) is 1.37. The molecule has 1 saturated heterocycles. The van der Waals surface area contributed by atoms with Gasteiger partial charge in [0.05, 0.1) is 18.9 Å². The van der Waals surface area contributed by atoms with Crippen molar-refractivity contribution >= 4 is 10.1 Å². The number of hydrogen-bond donors (Lipinski definition) is 1. The first-order valence-corrected chi connectivity index (χ1v) is 8.39. The Morgan fingerprint density at radius 2 is 2.26 bits per heavy atom. The maximum Gasteiger partial charge on any atom is 0.330 e. The van der Waals surface area contributed by atoms with Crippen molar-refractivity contribution in [2.24, 2.45) is 5.11 Å². The molecule has 11 nitrogen and oxygen atoms in total. The smallest absolute Gasteiger partial charge is 0.330 e. The van der Waals surface area contributed by atoms with Crippen LogP contribution in [-0.2, 0) is 19.0 Å². The van der Waals surface area contributed by atoms with Crippen molar-refractivity contribution in [2.75, 3.05) is 12.8 Å². The van der Waals surface area contributed by atoms with Crippen molar-refractivity contribution in [1.29, 1.82) is 0 Å². The number of hydrogen-bond acceptors (Lipinski definition) is 7. The number of nitrogens with zero attached hydrogens (tertiary/aromatic N) is 4. The van der Waals surface area contributed by atoms with Gasteiger partial charge in [0.1, 0.15) is 12.3 Å². The van der Waals surface area contributed by atoms with Crippen molar-refractivity contribution in [3.63, 3.8) is 0 Å². The van der Waals surface area contributed by atoms with Gasteiger partial charge in [-0.3, -0.25) is 18.5 Å². The van der Waals surface area contributed by atoms with Crippen LogP contribution in [0.25, 0.3) is 10.4 Å². The summed E-state index contributed by atoms with van der Waals surface area (Å²) in [6, 6.07) is 0. The highest BCUT2D eigenvalue weighted by atomic mass is 32.2. The predicted molar refractivity (Wildman–Crippen MR) is 78.3 cm³/mol. The molecule has 2 heterocycles. The van der Waals surface area contributed by atoms with Crippen LogP contribution in [0.1, 0.15) is 18.2 Å². The highest BCUT2D eigenvalue weighted by Crippen LogP contribution is 2.31. The van der Waals surface area contributed by atoms with Crippen molar-refractivity contribution in [1.82, 2.24) is 9.55 Å². The summed E-state index contributed by atoms with van der Waals surface area (Å²) in [4.78, 5) is 28.0. The standard InChI is InChI=1S/C11H15N5O6S/c1-6-5-16(11(18)14-10(6)17)9-3-7(22-23(2,19)20)8(21-9)4-13-15-12/h5,7-9H,3-4H2,1-2H3,(H,14,17,18)/t7-,8+,9-/m0/s1. The third-order valence-corrected chi connectivity index (χ3v) is 3.86. The van der Waals surface area contributed by atoms with Crippen molar-refractivity contribution in [3.05, 3.63) is 43.0 Å². The van der Waals surface area contributed by atoms with E-state index in [1.54, 1.807) is 0 Å². The minimum Gasteiger partial charge on any atom is -0.352 e. The van der Waals surface area contributed by atoms with Crippen LogP contribution in [0, 0.1) is 6.92 Å². The van der Waals surface area contributed by atoms with Crippen LogP contribution in [0.5, 0.6) is 0 Å². The Morgan fingerprint density at radius 3 is 2.87 bits per heavy atom. The summed E-state index contributed by atoms with van der Waals surface area (Å²) in [5.41, 5.74) is 7.48. The Bertz CT molecular complexity index is 852. The van der Waals surface area contributed by atoms with E-state index in [4.69, 9.17) is 14.5 Å². The van der Waals surface area contributed by atoms with E-state index in [9.17, 15) is 18.0 Å². The van der Waals surface area contributed by atoms with Crippen molar-refractivity contribution < 1.29 is 17.3 Å². The SMILES string of the molecule is Cc1cn([C@@H]2C[C@H](OS(C)(=O)=O)[C@@H](CN=[N+]=[N-])O2)c(=O)[nH]c1=O. The number of azide groups is 1. The van der Waals surface area contributed by atoms with Crippen molar-refractivity contribution in [2.45, 2.75) is 31.8 Å². The first kappa shape index (κ1) is 17.2. The maximum absolute atomic E-state index is 11.9. The minimum atomic E-state index is -3.76. The number of aromatic nitrogens is 2. The molecule has 2 rings (SSSR count). The molecule has 0 aliphatic carbocycles. The van der Waals surface area contributed by atoms with Crippen LogP contribution in [0.3, 0.4) is 0 Å². The fourth-order valence-electron chi connectivity index (χ4n) is 2.28. The molecule has 12 heteroatoms. The summed E-state index contributed by atoms with van der Waals surface area (Å²) in [5, 5.41) is 3.35. The third-order valence-electron chi connectivity index (χ3n) is 3.26. The zero-order valence-electron chi connectivity index (χ0n) is 12.4. The van der Waals surface area contributed by atoms with E-state index in [2.05, 4.69) is 15.0 Å². The van der Waals surface area contributed by atoms with Crippen LogP contribution >= 0.6 is 0 Å². The lowest BCUT2D eigenvalue weighted by molar-refractivity contribution is -0.0107. The number of ether oxygens (including phenoxy) is 1. The van der Waals surface area contributed by atoms with Gasteiger partial charge in [-0.2, -0.15) is 8.42 Å². The fraction of sp³-hybridized carbons (Fsp3) is 0.636. The molecule has 0 saturated carbocycles. The summed E-state index contributed by atoms with van der Waals surface area (Å²) in [5.74, 6) is 0. The first-order valence-electron chi connectivity index (χ1n) is 6.58. The van der Waals surface area contributed by atoms with E-state index in [1.807, 2.05) is 0 Å². The molecule has 1 fully saturated rings. The van der Waals surface area contributed by atoms with Gasteiger partial charge in [-0.05, 0) is 12.5 Å². The van der Waals surface area contributed by atoms with Gasteiger partial charge in [0.25, 0.3) is 15.7 Å². The van der Waals surface area contributed by atoms with Crippen LogP contribution < -0.4 is 11.2 Å². The molecule has 1 aromatic heterocycles. The molecule has 0 aromatic carbocycles. The molecule has 1 aromatic rings. The predicted octanol–water partition coefficient (Wildman–Crippen LogP) is -0.212. The highest BCUT2D eigenvalue weighted by molar-refractivity contribution is 7.86. The molecule has 1 aliphatic rings. The Balaban J connectivity index is 2.32. The van der Waals surface area contributed by atoms with Crippen LogP contribution in [0.4, 0.5) is 0 Å². The van der Waals surface area contributed by atoms with Gasteiger partial charge in [-0.1, -0.05) is 5.11 Å². The Hall–Kier alpha value is -2.14. The van der Waals surface area contributed by atoms with E-state index in [1.165, 1.54) is 13.1 Å². The molecule has 1 aliphatic heterocycles. The van der Waals surface area contributed by atoms with E-state index < -0.39 is 39.8 Å². The monoisotopic (exact) mass is 345 g/mol. The first-order chi connectivity index (χ1) is 10.7. The van der Waals surface area contributed by atoms with Crippen molar-refractivity contribution in [3.8, 4) is 0 Å². The molecule has 0 radical (unpaired) electrons. The maximum atomic E-state index is 11.9. The highest BCUT2D eigenvalue weighted by Gasteiger charge is 2.39. The van der Waals surface area contributed by atoms with Crippen LogP contribution in [-0.4, -0.2) is 43.0 Å². The average molecular weight is 345 g/mol. The lowest BCUT2D eigenvalue weighted by atomic mass is 10.2. The van der Waals surface area contributed by atoms with Gasteiger partial charge < -0.3 is 4.74 Å². The van der Waals surface area contributed by atoms with Gasteiger partial charge in [0, 0.05) is 23.1 Å². The third kappa shape index (κ3) is 4.20. The molecule has 1 N–H and O–H groups in total. The number of aryl methyl sites for hydroxylation is 1. The topological polar surface area (TPSA) is 156 Å². The minimum absolute atomic E-state index is 0.0457. The Labute approximate surface area is 130 Å². The number of rotatable bonds is 5. The molecule has 0 amide bonds. The second-order valence-corrected chi connectivity index (χ2v) is 6.70. The molecule has 0 bridgehead atoms. The average Bonchev–Trinajstić information content (AvgIpc) is 2.81. The molecule has 126 valence electrons. The zero-order valence-corrected chi connectivity index (χ0v) is 13.2. The molecular weight excluding hydrogens is 330 g/mol. The lowest BCUT2D eigenvalue weighted by Gasteiger charge is -2.15. The fourth-order valence-corrected chi connectivity index (χ4v) is 2.93. The summed E-state index contributed by atoms with van der Waals surface area (Å²) in [6.07, 6.45) is -0.321. The second kappa shape index (κ2) is 6.54. The lowest BCUT2D eigenvalue weighted by Crippen LogP contribution is -2.33. The van der Waals surface area contributed by atoms with Gasteiger partial charge in [0.2, 0.25) is 0 Å². The number of nitrogens with one attached hydrogen (secondary N) is 1. The van der Waals surface area contributed by atoms with Gasteiger partial charge in [0.15, 0.2) is 0 Å². The van der Waals surface area contributed by atoms with E-state index in [0.29, 0.717) is 5.56 Å². The summed E-state index contributed by atoms with van der Waals surface area (Å²) in [7, 11) is -3.76. The van der Waals surface area contributed by atoms with Gasteiger partial charge >= 0.3 is 5.69 Å². The Morgan fingerprint density at radius 1 is 1.57 bits per heavy atom. The molecular formula is C11H15N5O6S. The van der Waals surface area contributed by atoms with E-state index in [-0.39, 0.29) is 13.0 Å². The second-order valence-electron chi connectivity index (χ2n) is 5.10. The van der Waals surface area contributed by atoms with Crippen LogP contribution in [0.2, 0.25) is 0 Å². The Kier molecular flexibility index (Phi) is 4.90. The van der Waals surface area contributed by atoms with Crippen LogP contribution in [0.15, 0.2) is 20.9 Å². The van der Waals surface area contributed by atoms with Gasteiger partial charge in [-0.15, -0.1) is 0 Å². The largest absolute Gasteiger partial charge is 0.352 e. The molecule has 0 spiro atoms. The summed E-state index contributed by atoms with van der Waals surface area (Å²) >= 11 is 0. The normalized spacial score (nSPS) is 24.3. The summed E-state index contributed by atoms with van der Waals surface area (Å²) < 4.78 is 34.3. The number of H-pyrrole nitrogens is 1. The zero-order chi connectivity index (χ0) is 17.2. The number of aromatic amines is 1. The van der Waals surface area contributed by atoms with E-state index in [0.717, 1.165) is 10.8 Å². The molecule has 0 unspecified atom stereocenters. The quantitative estimate of drug-likeness (QED) is 0.336.